The summed E-state index contributed by atoms with van der Waals surface area (Å²) in [5.74, 6) is 0.104. The van der Waals surface area contributed by atoms with Gasteiger partial charge in [-0.15, -0.1) is 24.0 Å². The summed E-state index contributed by atoms with van der Waals surface area (Å²) in [6, 6.07) is 2.16. The van der Waals surface area contributed by atoms with Crippen molar-refractivity contribution in [2.24, 2.45) is 4.99 Å². The highest BCUT2D eigenvalue weighted by Gasteiger charge is 2.34. The largest absolute Gasteiger partial charge is 0.475 e. The van der Waals surface area contributed by atoms with Crippen LogP contribution in [0.3, 0.4) is 0 Å². The Hall–Kier alpha value is -1.30. The lowest BCUT2D eigenvalue weighted by molar-refractivity contribution is -0.139. The number of nitrogens with one attached hydrogen (secondary N) is 2. The standard InChI is InChI=1S/C16H25F3N4O2.HI/c1-5-20-14(23-11-15(2,3)24-4)22-9-10-25-13-12(16(17,18)19)7-6-8-21-13;/h6-8H,5,9-11H2,1-4H3,(H2,20,22,23);1H. The van der Waals surface area contributed by atoms with Gasteiger partial charge in [-0.25, -0.2) is 4.98 Å². The minimum Gasteiger partial charge on any atom is -0.475 e. The molecular formula is C16H26F3IN4O2. The maximum absolute atomic E-state index is 12.9. The Labute approximate surface area is 169 Å². The van der Waals surface area contributed by atoms with Crippen LogP contribution in [0.4, 0.5) is 13.2 Å². The van der Waals surface area contributed by atoms with E-state index in [1.54, 1.807) is 7.11 Å². The highest BCUT2D eigenvalue weighted by Crippen LogP contribution is 2.34. The highest BCUT2D eigenvalue weighted by molar-refractivity contribution is 14.0. The molecule has 0 radical (unpaired) electrons. The van der Waals surface area contributed by atoms with Crippen molar-refractivity contribution in [3.8, 4) is 5.88 Å². The van der Waals surface area contributed by atoms with Gasteiger partial charge in [0.2, 0.25) is 5.88 Å². The summed E-state index contributed by atoms with van der Waals surface area (Å²) in [6.45, 7) is 7.09. The first-order chi connectivity index (χ1) is 11.7. The molecule has 0 saturated carbocycles. The first-order valence-corrected chi connectivity index (χ1v) is 7.92. The topological polar surface area (TPSA) is 67.8 Å². The molecule has 0 bridgehead atoms. The van der Waals surface area contributed by atoms with Crippen LogP contribution in [-0.2, 0) is 10.9 Å². The zero-order valence-corrected chi connectivity index (χ0v) is 17.6. The number of ether oxygens (including phenoxy) is 2. The summed E-state index contributed by atoms with van der Waals surface area (Å²) in [5.41, 5.74) is -1.30. The Balaban J connectivity index is 0.00000625. The third-order valence-electron chi connectivity index (χ3n) is 3.22. The number of methoxy groups -OCH3 is 1. The van der Waals surface area contributed by atoms with Gasteiger partial charge in [-0.1, -0.05) is 0 Å². The smallest absolute Gasteiger partial charge is 0.421 e. The van der Waals surface area contributed by atoms with Gasteiger partial charge in [0.1, 0.15) is 12.2 Å². The van der Waals surface area contributed by atoms with Crippen molar-refractivity contribution in [2.45, 2.75) is 32.5 Å². The van der Waals surface area contributed by atoms with E-state index in [1.807, 2.05) is 20.8 Å². The van der Waals surface area contributed by atoms with Crippen LogP contribution < -0.4 is 15.4 Å². The second kappa shape index (κ2) is 11.4. The van der Waals surface area contributed by atoms with Gasteiger partial charge in [0.15, 0.2) is 5.96 Å². The van der Waals surface area contributed by atoms with Gasteiger partial charge in [0, 0.05) is 19.9 Å². The number of aromatic nitrogens is 1. The maximum Gasteiger partial charge on any atom is 0.421 e. The SMILES string of the molecule is CCNC(=NCC(C)(C)OC)NCCOc1ncccc1C(F)(F)F.I. The van der Waals surface area contributed by atoms with Gasteiger partial charge in [0.25, 0.3) is 0 Å². The minimum absolute atomic E-state index is 0. The Morgan fingerprint density at radius 3 is 2.54 bits per heavy atom. The first-order valence-electron chi connectivity index (χ1n) is 7.92. The van der Waals surface area contributed by atoms with Gasteiger partial charge in [0.05, 0.1) is 18.7 Å². The van der Waals surface area contributed by atoms with E-state index in [0.29, 0.717) is 19.0 Å². The van der Waals surface area contributed by atoms with E-state index in [2.05, 4.69) is 20.6 Å². The van der Waals surface area contributed by atoms with Crippen molar-refractivity contribution in [1.82, 2.24) is 15.6 Å². The van der Waals surface area contributed by atoms with Crippen LogP contribution in [-0.4, -0.2) is 49.9 Å². The van der Waals surface area contributed by atoms with E-state index in [4.69, 9.17) is 9.47 Å². The molecule has 0 unspecified atom stereocenters. The van der Waals surface area contributed by atoms with Crippen molar-refractivity contribution in [3.05, 3.63) is 23.9 Å². The van der Waals surface area contributed by atoms with Crippen LogP contribution >= 0.6 is 24.0 Å². The third kappa shape index (κ3) is 8.88. The monoisotopic (exact) mass is 490 g/mol. The molecule has 0 atom stereocenters. The summed E-state index contributed by atoms with van der Waals surface area (Å²) in [4.78, 5) is 8.02. The zero-order chi connectivity index (χ0) is 18.9. The van der Waals surface area contributed by atoms with E-state index in [1.165, 1.54) is 12.3 Å². The molecule has 10 heteroatoms. The van der Waals surface area contributed by atoms with Crippen LogP contribution in [0.25, 0.3) is 0 Å². The van der Waals surface area contributed by atoms with Crippen molar-refractivity contribution in [1.29, 1.82) is 0 Å². The molecule has 0 aromatic carbocycles. The molecule has 1 aromatic heterocycles. The average Bonchev–Trinajstić information content (AvgIpc) is 2.56. The lowest BCUT2D eigenvalue weighted by Gasteiger charge is -2.21. The Kier molecular flexibility index (Phi) is 10.8. The van der Waals surface area contributed by atoms with E-state index in [0.717, 1.165) is 6.07 Å². The Morgan fingerprint density at radius 1 is 1.27 bits per heavy atom. The number of aliphatic imine (C=N–C) groups is 1. The molecule has 2 N–H and O–H groups in total. The fourth-order valence-electron chi connectivity index (χ4n) is 1.71. The van der Waals surface area contributed by atoms with Crippen molar-refractivity contribution >= 4 is 29.9 Å². The van der Waals surface area contributed by atoms with E-state index in [-0.39, 0.29) is 37.1 Å². The number of halogens is 4. The molecule has 0 spiro atoms. The fraction of sp³-hybridized carbons (Fsp3) is 0.625. The first kappa shape index (κ1) is 24.7. The molecule has 0 amide bonds. The molecule has 1 rings (SSSR count). The van der Waals surface area contributed by atoms with E-state index < -0.39 is 23.2 Å². The van der Waals surface area contributed by atoms with Crippen LogP contribution in [0.5, 0.6) is 5.88 Å². The minimum atomic E-state index is -4.50. The Bertz CT molecular complexity index is 569. The zero-order valence-electron chi connectivity index (χ0n) is 15.3. The van der Waals surface area contributed by atoms with Gasteiger partial charge in [-0.3, -0.25) is 4.99 Å². The molecule has 0 aliphatic carbocycles. The van der Waals surface area contributed by atoms with E-state index in [9.17, 15) is 13.2 Å². The molecule has 1 heterocycles. The summed E-state index contributed by atoms with van der Waals surface area (Å²) in [6.07, 6.45) is -3.24. The predicted octanol–water partition coefficient (Wildman–Crippen LogP) is 3.08. The molecule has 1 aromatic rings. The van der Waals surface area contributed by atoms with Gasteiger partial charge >= 0.3 is 6.18 Å². The fourth-order valence-corrected chi connectivity index (χ4v) is 1.71. The van der Waals surface area contributed by atoms with Crippen LogP contribution in [0, 0.1) is 0 Å². The number of rotatable bonds is 8. The molecule has 0 aliphatic heterocycles. The average molecular weight is 490 g/mol. The lowest BCUT2D eigenvalue weighted by Crippen LogP contribution is -2.40. The highest BCUT2D eigenvalue weighted by atomic mass is 127. The van der Waals surface area contributed by atoms with Crippen molar-refractivity contribution in [2.75, 3.05) is 33.4 Å². The molecule has 26 heavy (non-hydrogen) atoms. The lowest BCUT2D eigenvalue weighted by atomic mass is 10.1. The van der Waals surface area contributed by atoms with E-state index >= 15 is 0 Å². The molecule has 0 saturated heterocycles. The third-order valence-corrected chi connectivity index (χ3v) is 3.22. The van der Waals surface area contributed by atoms with Crippen LogP contribution in [0.2, 0.25) is 0 Å². The van der Waals surface area contributed by atoms with Gasteiger partial charge in [-0.2, -0.15) is 13.2 Å². The number of alkyl halides is 3. The van der Waals surface area contributed by atoms with Crippen molar-refractivity contribution in [3.63, 3.8) is 0 Å². The summed E-state index contributed by atoms with van der Waals surface area (Å²) < 4.78 is 49.0. The predicted molar refractivity (Wildman–Crippen MR) is 105 cm³/mol. The quantitative estimate of drug-likeness (QED) is 0.254. The molecule has 6 nitrogen and oxygen atoms in total. The second-order valence-corrected chi connectivity index (χ2v) is 5.79. The summed E-state index contributed by atoms with van der Waals surface area (Å²) in [5, 5.41) is 6.04. The number of guanidine groups is 1. The molecule has 150 valence electrons. The van der Waals surface area contributed by atoms with Crippen LogP contribution in [0.1, 0.15) is 26.3 Å². The maximum atomic E-state index is 12.9. The second-order valence-electron chi connectivity index (χ2n) is 5.79. The van der Waals surface area contributed by atoms with Crippen molar-refractivity contribution < 1.29 is 22.6 Å². The van der Waals surface area contributed by atoms with Gasteiger partial charge in [-0.05, 0) is 32.9 Å². The number of nitrogens with zero attached hydrogens (tertiary/aromatic N) is 2. The number of hydrogen-bond acceptors (Lipinski definition) is 4. The number of hydrogen-bond donors (Lipinski definition) is 2. The molecule has 0 fully saturated rings. The normalized spacial score (nSPS) is 12.3. The molecular weight excluding hydrogens is 464 g/mol. The number of pyridine rings is 1. The van der Waals surface area contributed by atoms with Crippen LogP contribution in [0.15, 0.2) is 23.3 Å². The summed E-state index contributed by atoms with van der Waals surface area (Å²) >= 11 is 0. The van der Waals surface area contributed by atoms with Gasteiger partial charge < -0.3 is 20.1 Å². The summed E-state index contributed by atoms with van der Waals surface area (Å²) in [7, 11) is 1.61. The Morgan fingerprint density at radius 2 is 1.96 bits per heavy atom. The molecule has 0 aliphatic rings.